The molecule has 0 aliphatic rings. The molecule has 0 aromatic heterocycles. The molecule has 0 spiro atoms. The number of rotatable bonds is 9. The molecule has 0 bridgehead atoms. The average Bonchev–Trinajstić information content (AvgIpc) is 2.21. The van der Waals surface area contributed by atoms with Gasteiger partial charge in [-0.05, 0) is 32.1 Å². The van der Waals surface area contributed by atoms with E-state index in [1.165, 1.54) is 57.8 Å². The van der Waals surface area contributed by atoms with Crippen molar-refractivity contribution in [3.05, 3.63) is 11.6 Å². The summed E-state index contributed by atoms with van der Waals surface area (Å²) in [5.74, 6) is 0. The van der Waals surface area contributed by atoms with Crippen LogP contribution in [0.2, 0.25) is 0 Å². The first kappa shape index (κ1) is 17.7. The van der Waals surface area contributed by atoms with Crippen LogP contribution in [-0.4, -0.2) is 17.6 Å². The molecule has 0 fully saturated rings. The molecule has 0 heterocycles. The second kappa shape index (κ2) is 14.3. The zero-order valence-corrected chi connectivity index (χ0v) is 10.4. The molecule has 0 saturated heterocycles. The van der Waals surface area contributed by atoms with Crippen LogP contribution >= 0.6 is 0 Å². The van der Waals surface area contributed by atoms with Gasteiger partial charge in [-0.1, -0.05) is 58.1 Å². The van der Waals surface area contributed by atoms with Gasteiger partial charge in [0.25, 0.3) is 0 Å². The van der Waals surface area contributed by atoms with Crippen molar-refractivity contribution in [3.63, 3.8) is 0 Å². The number of unbranched alkanes of at least 4 members (excludes halogenated alkanes) is 4. The molecule has 0 aromatic rings. The Morgan fingerprint density at radius 1 is 0.800 bits per heavy atom. The molecule has 1 heteroatoms. The fourth-order valence-electron chi connectivity index (χ4n) is 1.65. The molecule has 0 nitrogen and oxygen atoms in total. The van der Waals surface area contributed by atoms with Crippen LogP contribution in [0.1, 0.15) is 78.6 Å². The molecule has 0 atom stereocenters. The average molecular weight is 273 g/mol. The van der Waals surface area contributed by atoms with Gasteiger partial charge < -0.3 is 0 Å². The van der Waals surface area contributed by atoms with E-state index in [-0.39, 0.29) is 17.6 Å². The monoisotopic (exact) mass is 274 g/mol. The zero-order chi connectivity index (χ0) is 10.6. The first-order valence-electron chi connectivity index (χ1n) is 6.53. The molecule has 0 N–H and O–H groups in total. The third-order valence-electron chi connectivity index (χ3n) is 2.69. The summed E-state index contributed by atoms with van der Waals surface area (Å²) in [5.41, 5.74) is 1.72. The number of hydrogen-bond donors (Lipinski definition) is 0. The van der Waals surface area contributed by atoms with Crippen LogP contribution in [-0.2, 0) is 0 Å². The van der Waals surface area contributed by atoms with Gasteiger partial charge in [-0.3, -0.25) is 0 Å². The molecule has 0 saturated carbocycles. The van der Waals surface area contributed by atoms with Crippen molar-refractivity contribution in [1.29, 1.82) is 0 Å². The molecule has 15 heavy (non-hydrogen) atoms. The van der Waals surface area contributed by atoms with Gasteiger partial charge in [-0.25, -0.2) is 0 Å². The second-order valence-corrected chi connectivity index (χ2v) is 4.21. The SMILES string of the molecule is CCCCC=C(CCCC)CCCC.[GeH4]. The number of hydrogen-bond acceptors (Lipinski definition) is 0. The maximum atomic E-state index is 2.51. The Labute approximate surface area is 108 Å². The summed E-state index contributed by atoms with van der Waals surface area (Å²) in [7, 11) is 0. The van der Waals surface area contributed by atoms with Crippen LogP contribution in [0.15, 0.2) is 11.6 Å². The van der Waals surface area contributed by atoms with Gasteiger partial charge in [-0.15, -0.1) is 0 Å². The molecular weight excluding hydrogens is 241 g/mol. The molecule has 0 aliphatic heterocycles. The van der Waals surface area contributed by atoms with Crippen LogP contribution in [0.5, 0.6) is 0 Å². The number of allylic oxidation sites excluding steroid dienone is 2. The van der Waals surface area contributed by atoms with Gasteiger partial charge in [-0.2, -0.15) is 0 Å². The Hall–Kier alpha value is 0.283. The third-order valence-corrected chi connectivity index (χ3v) is 2.69. The van der Waals surface area contributed by atoms with E-state index in [0.717, 1.165) is 0 Å². The van der Waals surface area contributed by atoms with Gasteiger partial charge >= 0.3 is 17.6 Å². The standard InChI is InChI=1S/C14H28.GeH4/c1-4-7-10-13-14(11-8-5-2)12-9-6-3;/h13H,4-12H2,1-3H3;1H4. The van der Waals surface area contributed by atoms with Crippen molar-refractivity contribution < 1.29 is 0 Å². The van der Waals surface area contributed by atoms with Gasteiger partial charge in [0.05, 0.1) is 0 Å². The summed E-state index contributed by atoms with van der Waals surface area (Å²) in [6, 6.07) is 0. The van der Waals surface area contributed by atoms with Crippen molar-refractivity contribution in [2.24, 2.45) is 0 Å². The van der Waals surface area contributed by atoms with E-state index in [9.17, 15) is 0 Å². The first-order chi connectivity index (χ1) is 6.85. The van der Waals surface area contributed by atoms with E-state index in [1.54, 1.807) is 5.57 Å². The normalized spacial score (nSPS) is 9.53. The van der Waals surface area contributed by atoms with Crippen LogP contribution in [0.4, 0.5) is 0 Å². The van der Waals surface area contributed by atoms with Crippen molar-refractivity contribution in [2.45, 2.75) is 78.6 Å². The van der Waals surface area contributed by atoms with Crippen LogP contribution < -0.4 is 0 Å². The third kappa shape index (κ3) is 12.2. The van der Waals surface area contributed by atoms with Gasteiger partial charge in [0.15, 0.2) is 0 Å². The Morgan fingerprint density at radius 3 is 1.67 bits per heavy atom. The molecule has 0 unspecified atom stereocenters. The minimum absolute atomic E-state index is 0. The van der Waals surface area contributed by atoms with Crippen LogP contribution in [0, 0.1) is 0 Å². The molecule has 0 radical (unpaired) electrons. The van der Waals surface area contributed by atoms with E-state index in [0.29, 0.717) is 0 Å². The Kier molecular flexibility index (Phi) is 16.8. The molecular formula is C14H32Ge. The topological polar surface area (TPSA) is 0 Å². The van der Waals surface area contributed by atoms with Crippen molar-refractivity contribution in [1.82, 2.24) is 0 Å². The Bertz CT molecular complexity index is 128. The zero-order valence-electron chi connectivity index (χ0n) is 10.4. The summed E-state index contributed by atoms with van der Waals surface area (Å²) in [5, 5.41) is 0. The fourth-order valence-corrected chi connectivity index (χ4v) is 1.65. The van der Waals surface area contributed by atoms with Gasteiger partial charge in [0.2, 0.25) is 0 Å². The molecule has 0 aliphatic carbocycles. The van der Waals surface area contributed by atoms with Crippen molar-refractivity contribution >= 4 is 17.6 Å². The molecule has 0 rings (SSSR count). The summed E-state index contributed by atoms with van der Waals surface area (Å²) in [4.78, 5) is 0. The van der Waals surface area contributed by atoms with E-state index in [4.69, 9.17) is 0 Å². The van der Waals surface area contributed by atoms with E-state index in [2.05, 4.69) is 26.8 Å². The quantitative estimate of drug-likeness (QED) is 0.338. The Balaban J connectivity index is 0. The van der Waals surface area contributed by atoms with Crippen molar-refractivity contribution in [2.75, 3.05) is 0 Å². The van der Waals surface area contributed by atoms with Crippen molar-refractivity contribution in [3.8, 4) is 0 Å². The molecule has 92 valence electrons. The van der Waals surface area contributed by atoms with E-state index < -0.39 is 0 Å². The van der Waals surface area contributed by atoms with E-state index in [1.807, 2.05) is 0 Å². The van der Waals surface area contributed by atoms with Crippen LogP contribution in [0.3, 0.4) is 0 Å². The van der Waals surface area contributed by atoms with E-state index >= 15 is 0 Å². The maximum absolute atomic E-state index is 2.51. The minimum atomic E-state index is 0. The summed E-state index contributed by atoms with van der Waals surface area (Å²) in [6.07, 6.45) is 14.6. The van der Waals surface area contributed by atoms with Gasteiger partial charge in [0, 0.05) is 0 Å². The first-order valence-corrected chi connectivity index (χ1v) is 6.53. The predicted molar refractivity (Wildman–Crippen MR) is 78.0 cm³/mol. The molecule has 0 aromatic carbocycles. The Morgan fingerprint density at radius 2 is 1.27 bits per heavy atom. The van der Waals surface area contributed by atoms with Gasteiger partial charge in [0.1, 0.15) is 0 Å². The van der Waals surface area contributed by atoms with Crippen LogP contribution in [0.25, 0.3) is 0 Å². The predicted octanol–water partition coefficient (Wildman–Crippen LogP) is 4.03. The summed E-state index contributed by atoms with van der Waals surface area (Å²) in [6.45, 7) is 6.83. The fraction of sp³-hybridized carbons (Fsp3) is 0.857. The second-order valence-electron chi connectivity index (χ2n) is 4.21. The summed E-state index contributed by atoms with van der Waals surface area (Å²) < 4.78 is 0. The molecule has 0 amide bonds. The summed E-state index contributed by atoms with van der Waals surface area (Å²) >= 11 is 0.